The molecule has 0 spiro atoms. The molecule has 52 heavy (non-hydrogen) atoms. The van der Waals surface area contributed by atoms with Gasteiger partial charge in [-0.1, -0.05) is 164 Å². The van der Waals surface area contributed by atoms with Crippen molar-refractivity contribution in [3.63, 3.8) is 0 Å². The lowest BCUT2D eigenvalue weighted by molar-refractivity contribution is 1.07. The minimum absolute atomic E-state index is 0.612. The van der Waals surface area contributed by atoms with Crippen LogP contribution in [0.2, 0.25) is 0 Å². The van der Waals surface area contributed by atoms with Crippen LogP contribution >= 0.6 is 0 Å². The average Bonchev–Trinajstić information content (AvgIpc) is 3.24. The molecule has 2 aromatic heterocycles. The van der Waals surface area contributed by atoms with E-state index in [2.05, 4.69) is 109 Å². The predicted molar refractivity (Wildman–Crippen MR) is 211 cm³/mol. The monoisotopic (exact) mass is 665 g/mol. The summed E-state index contributed by atoms with van der Waals surface area (Å²) in [6.45, 7) is 0. The third-order valence-electron chi connectivity index (χ3n) is 9.13. The van der Waals surface area contributed by atoms with E-state index in [0.29, 0.717) is 17.5 Å². The van der Waals surface area contributed by atoms with Crippen molar-refractivity contribution in [2.24, 2.45) is 0 Å². The summed E-state index contributed by atoms with van der Waals surface area (Å²) >= 11 is 0. The maximum absolute atomic E-state index is 5.13. The second kappa shape index (κ2) is 13.7. The molecular weight excluding hydrogens is 635 g/mol. The van der Waals surface area contributed by atoms with Gasteiger partial charge in [0.25, 0.3) is 0 Å². The van der Waals surface area contributed by atoms with Gasteiger partial charge in [-0.05, 0) is 46.5 Å². The van der Waals surface area contributed by atoms with Crippen LogP contribution in [0.15, 0.2) is 188 Å². The van der Waals surface area contributed by atoms with Crippen molar-refractivity contribution in [3.05, 3.63) is 188 Å². The Hall–Kier alpha value is -7.11. The summed E-state index contributed by atoms with van der Waals surface area (Å²) in [5, 5.41) is 0. The SMILES string of the molecule is c1ccc(-c2ccc(-c3nc(-c4ccccc4)nc(-c4cccc(-c5cccc(-c6nc7ccccc7nc6-c6ccccc6)c5)c4)n3)cc2)cc1. The van der Waals surface area contributed by atoms with Crippen LogP contribution in [0.1, 0.15) is 0 Å². The lowest BCUT2D eigenvalue weighted by Crippen LogP contribution is -2.00. The molecule has 0 bridgehead atoms. The van der Waals surface area contributed by atoms with Gasteiger partial charge in [0.05, 0.1) is 22.4 Å². The number of rotatable bonds is 7. The quantitative estimate of drug-likeness (QED) is 0.169. The Morgan fingerprint density at radius 1 is 0.212 bits per heavy atom. The van der Waals surface area contributed by atoms with Crippen LogP contribution in [-0.2, 0) is 0 Å². The molecule has 0 fully saturated rings. The number of benzene rings is 7. The van der Waals surface area contributed by atoms with Crippen molar-refractivity contribution >= 4 is 11.0 Å². The largest absolute Gasteiger partial charge is 0.244 e. The van der Waals surface area contributed by atoms with Gasteiger partial charge < -0.3 is 0 Å². The number of hydrogen-bond acceptors (Lipinski definition) is 5. The van der Waals surface area contributed by atoms with E-state index in [0.717, 1.165) is 66.9 Å². The zero-order chi connectivity index (χ0) is 34.7. The van der Waals surface area contributed by atoms with E-state index in [4.69, 9.17) is 24.9 Å². The molecule has 2 heterocycles. The Balaban J connectivity index is 1.12. The van der Waals surface area contributed by atoms with E-state index < -0.39 is 0 Å². The summed E-state index contributed by atoms with van der Waals surface area (Å²) < 4.78 is 0. The van der Waals surface area contributed by atoms with Crippen molar-refractivity contribution < 1.29 is 0 Å². The Labute approximate surface area is 302 Å². The molecule has 0 amide bonds. The fourth-order valence-corrected chi connectivity index (χ4v) is 6.48. The van der Waals surface area contributed by atoms with Gasteiger partial charge in [-0.25, -0.2) is 24.9 Å². The van der Waals surface area contributed by atoms with Crippen LogP contribution in [-0.4, -0.2) is 24.9 Å². The van der Waals surface area contributed by atoms with Crippen molar-refractivity contribution in [3.8, 4) is 78.9 Å². The molecule has 0 aliphatic heterocycles. The lowest BCUT2D eigenvalue weighted by atomic mass is 9.97. The molecule has 0 saturated carbocycles. The Kier molecular flexibility index (Phi) is 8.12. The molecule has 0 N–H and O–H groups in total. The summed E-state index contributed by atoms with van der Waals surface area (Å²) in [7, 11) is 0. The van der Waals surface area contributed by atoms with E-state index >= 15 is 0 Å². The predicted octanol–water partition coefficient (Wildman–Crippen LogP) is 11.5. The van der Waals surface area contributed by atoms with Crippen LogP contribution in [0.3, 0.4) is 0 Å². The van der Waals surface area contributed by atoms with Gasteiger partial charge in [-0.3, -0.25) is 0 Å². The van der Waals surface area contributed by atoms with Gasteiger partial charge in [0.15, 0.2) is 17.5 Å². The van der Waals surface area contributed by atoms with Crippen molar-refractivity contribution in [2.75, 3.05) is 0 Å². The molecule has 0 saturated heterocycles. The highest BCUT2D eigenvalue weighted by Gasteiger charge is 2.16. The third-order valence-corrected chi connectivity index (χ3v) is 9.13. The van der Waals surface area contributed by atoms with Gasteiger partial charge in [-0.15, -0.1) is 0 Å². The Bertz CT molecular complexity index is 2660. The summed E-state index contributed by atoms with van der Waals surface area (Å²) in [6.07, 6.45) is 0. The number of para-hydroxylation sites is 2. The number of nitrogens with zero attached hydrogens (tertiary/aromatic N) is 5. The van der Waals surface area contributed by atoms with Crippen molar-refractivity contribution in [1.29, 1.82) is 0 Å². The van der Waals surface area contributed by atoms with E-state index in [9.17, 15) is 0 Å². The first-order chi connectivity index (χ1) is 25.7. The van der Waals surface area contributed by atoms with E-state index in [1.807, 2.05) is 78.9 Å². The molecule has 0 unspecified atom stereocenters. The molecule has 0 atom stereocenters. The van der Waals surface area contributed by atoms with Crippen LogP contribution in [0.4, 0.5) is 0 Å². The summed E-state index contributed by atoms with van der Waals surface area (Å²) in [6, 6.07) is 64.0. The van der Waals surface area contributed by atoms with Crippen LogP contribution in [0.5, 0.6) is 0 Å². The standard InChI is InChI=1S/C47H31N5/c1-4-14-32(15-5-1)33-26-28-36(29-27-33)46-50-45(35-18-8-3-9-19-35)51-47(52-46)40-23-13-21-38(31-40)37-20-12-22-39(30-37)44-43(34-16-6-2-7-17-34)48-41-24-10-11-25-42(41)49-44/h1-31H. The third kappa shape index (κ3) is 6.23. The van der Waals surface area contributed by atoms with Gasteiger partial charge in [0, 0.05) is 27.8 Å². The smallest absolute Gasteiger partial charge is 0.164 e. The molecule has 0 radical (unpaired) electrons. The highest BCUT2D eigenvalue weighted by Crippen LogP contribution is 2.35. The molecule has 244 valence electrons. The molecule has 5 heteroatoms. The summed E-state index contributed by atoms with van der Waals surface area (Å²) in [5.41, 5.74) is 12.6. The molecule has 9 aromatic rings. The van der Waals surface area contributed by atoms with Crippen LogP contribution < -0.4 is 0 Å². The zero-order valence-corrected chi connectivity index (χ0v) is 28.1. The topological polar surface area (TPSA) is 64.5 Å². The van der Waals surface area contributed by atoms with Gasteiger partial charge in [0.2, 0.25) is 0 Å². The highest BCUT2D eigenvalue weighted by atomic mass is 15.0. The van der Waals surface area contributed by atoms with Gasteiger partial charge in [-0.2, -0.15) is 0 Å². The minimum atomic E-state index is 0.612. The molecule has 5 nitrogen and oxygen atoms in total. The Morgan fingerprint density at radius 3 is 1.13 bits per heavy atom. The average molecular weight is 666 g/mol. The zero-order valence-electron chi connectivity index (χ0n) is 28.1. The maximum Gasteiger partial charge on any atom is 0.164 e. The first kappa shape index (κ1) is 30.9. The summed E-state index contributed by atoms with van der Waals surface area (Å²) in [5.74, 6) is 1.86. The fourth-order valence-electron chi connectivity index (χ4n) is 6.48. The van der Waals surface area contributed by atoms with Gasteiger partial charge >= 0.3 is 0 Å². The van der Waals surface area contributed by atoms with Crippen molar-refractivity contribution in [2.45, 2.75) is 0 Å². The number of aromatic nitrogens is 5. The number of fused-ring (bicyclic) bond motifs is 1. The fraction of sp³-hybridized carbons (Fsp3) is 0. The first-order valence-corrected chi connectivity index (χ1v) is 17.3. The van der Waals surface area contributed by atoms with E-state index in [-0.39, 0.29) is 0 Å². The normalized spacial score (nSPS) is 11.1. The second-order valence-electron chi connectivity index (χ2n) is 12.6. The molecule has 0 aliphatic rings. The Morgan fingerprint density at radius 2 is 0.558 bits per heavy atom. The second-order valence-corrected chi connectivity index (χ2v) is 12.6. The first-order valence-electron chi connectivity index (χ1n) is 17.3. The molecule has 0 aliphatic carbocycles. The summed E-state index contributed by atoms with van der Waals surface area (Å²) in [4.78, 5) is 25.2. The molecule has 9 rings (SSSR count). The molecule has 7 aromatic carbocycles. The van der Waals surface area contributed by atoms with E-state index in [1.165, 1.54) is 5.56 Å². The maximum atomic E-state index is 5.13. The van der Waals surface area contributed by atoms with Crippen LogP contribution in [0, 0.1) is 0 Å². The number of hydrogen-bond donors (Lipinski definition) is 0. The van der Waals surface area contributed by atoms with Gasteiger partial charge in [0.1, 0.15) is 0 Å². The highest BCUT2D eigenvalue weighted by molar-refractivity contribution is 5.87. The van der Waals surface area contributed by atoms with Crippen LogP contribution in [0.25, 0.3) is 90.0 Å². The minimum Gasteiger partial charge on any atom is -0.244 e. The molecular formula is C47H31N5. The van der Waals surface area contributed by atoms with E-state index in [1.54, 1.807) is 0 Å². The van der Waals surface area contributed by atoms with Crippen molar-refractivity contribution in [1.82, 2.24) is 24.9 Å². The lowest BCUT2D eigenvalue weighted by Gasteiger charge is -2.12.